The predicted molar refractivity (Wildman–Crippen MR) is 258 cm³/mol. The molecule has 14 heteroatoms. The average molecular weight is 914 g/mol. The van der Waals surface area contributed by atoms with Crippen LogP contribution in [-0.4, -0.2) is 52.6 Å². The second-order valence-electron chi connectivity index (χ2n) is 18.2. The molecule has 12 nitrogen and oxygen atoms in total. The molecule has 66 heavy (non-hydrogen) atoms. The zero-order chi connectivity index (χ0) is 45.9. The maximum absolute atomic E-state index is 15.5. The summed E-state index contributed by atoms with van der Waals surface area (Å²) in [4.78, 5) is 65.5. The number of rotatable bonds is 7. The molecule has 0 bridgehead atoms. The van der Waals surface area contributed by atoms with E-state index in [4.69, 9.17) is 16.7 Å². The molecule has 2 saturated heterocycles. The van der Waals surface area contributed by atoms with Crippen LogP contribution in [0.25, 0.3) is 31.4 Å². The second kappa shape index (κ2) is 15.3. The van der Waals surface area contributed by atoms with Crippen LogP contribution in [0, 0.1) is 36.0 Å². The SMILES string of the molecule is Cc1c(-c2cc(N3C(=O)[C@@H]4C[C@@H]5C(=CC[C@@H]6C(=O)N(c7ccc(N=Nc8ccc(N(C)C)cc8)cc7)C(=O)[C@@H]65)[C@H](c5c(O)ccc6ccccc56)[C@]4(C)C3=O)n(C)n2)sc2ccc(Cl)cc12. The molecule has 4 amide bonds. The number of aromatic nitrogens is 2. The van der Waals surface area contributed by atoms with Crippen molar-refractivity contribution in [2.45, 2.75) is 32.6 Å². The number of aromatic hydroxyl groups is 1. The third-order valence-electron chi connectivity index (χ3n) is 14.5. The number of thiophene rings is 1. The normalized spacial score (nSPS) is 23.8. The number of carbonyl (C=O) groups excluding carboxylic acids is 4. The Labute approximate surface area is 389 Å². The van der Waals surface area contributed by atoms with Crippen molar-refractivity contribution in [3.05, 3.63) is 137 Å². The summed E-state index contributed by atoms with van der Waals surface area (Å²) in [6.07, 6.45) is 2.42. The Hall–Kier alpha value is -6.96. The number of aryl methyl sites for hydroxylation is 2. The predicted octanol–water partition coefficient (Wildman–Crippen LogP) is 11.0. The van der Waals surface area contributed by atoms with Crippen LogP contribution in [0.1, 0.15) is 36.8 Å². The number of fused-ring (bicyclic) bond motifs is 6. The maximum Gasteiger partial charge on any atom is 0.242 e. The van der Waals surface area contributed by atoms with Gasteiger partial charge in [-0.3, -0.25) is 28.8 Å². The standard InChI is InChI=1S/C52H44ClN7O5S/c1-27-37-24-29(53)11-23-42(37)66-47(27)40-26-43(58(5)56-40)60-49(63)39-25-38-35(46(52(39,2)51(60)65)45-34-9-7-6-8-28(34)10-22-41(45)61)20-21-36-44(38)50(64)59(48(36)62)33-18-14-31(15-19-33)55-54-30-12-16-32(17-13-30)57(3)4/h6-20,22-24,26,36,38-39,44,46,61H,21,25H2,1-5H3/t36-,38+,39-,44-,46+,52+/m0/s1. The van der Waals surface area contributed by atoms with E-state index in [1.54, 1.807) is 59.5 Å². The highest BCUT2D eigenvalue weighted by Crippen LogP contribution is 2.65. The minimum absolute atomic E-state index is 0.0116. The molecular formula is C52H44ClN7O5S. The first-order valence-corrected chi connectivity index (χ1v) is 23.1. The summed E-state index contributed by atoms with van der Waals surface area (Å²) < 4.78 is 2.61. The van der Waals surface area contributed by atoms with Crippen LogP contribution in [0.3, 0.4) is 0 Å². The molecule has 11 rings (SSSR count). The first kappa shape index (κ1) is 41.7. The minimum Gasteiger partial charge on any atom is -0.508 e. The number of allylic oxidation sites excluding steroid dienone is 2. The van der Waals surface area contributed by atoms with Crippen LogP contribution in [0.4, 0.5) is 28.6 Å². The first-order valence-electron chi connectivity index (χ1n) is 21.9. The van der Waals surface area contributed by atoms with Crippen molar-refractivity contribution in [1.29, 1.82) is 0 Å². The van der Waals surface area contributed by atoms with E-state index >= 15 is 9.59 Å². The number of phenols is 1. The fourth-order valence-corrected chi connectivity index (χ4v) is 12.5. The van der Waals surface area contributed by atoms with Gasteiger partial charge in [-0.25, -0.2) is 4.90 Å². The lowest BCUT2D eigenvalue weighted by atomic mass is 9.51. The quantitative estimate of drug-likeness (QED) is 0.0953. The molecule has 7 aromatic rings. The van der Waals surface area contributed by atoms with Gasteiger partial charge < -0.3 is 10.0 Å². The summed E-state index contributed by atoms with van der Waals surface area (Å²) in [5.41, 5.74) is 4.23. The lowest BCUT2D eigenvalue weighted by molar-refractivity contribution is -0.131. The van der Waals surface area contributed by atoms with E-state index in [0.29, 0.717) is 39.2 Å². The van der Waals surface area contributed by atoms with E-state index in [1.165, 1.54) is 9.80 Å². The Morgan fingerprint density at radius 2 is 1.53 bits per heavy atom. The van der Waals surface area contributed by atoms with Crippen LogP contribution in [-0.2, 0) is 26.2 Å². The lowest BCUT2D eigenvalue weighted by Crippen LogP contribution is -2.49. The molecule has 1 N–H and O–H groups in total. The summed E-state index contributed by atoms with van der Waals surface area (Å²) in [5.74, 6) is -4.94. The molecule has 4 heterocycles. The largest absolute Gasteiger partial charge is 0.508 e. The van der Waals surface area contributed by atoms with Crippen molar-refractivity contribution in [2.24, 2.45) is 46.4 Å². The Kier molecular flexibility index (Phi) is 9.68. The molecule has 0 radical (unpaired) electrons. The zero-order valence-corrected chi connectivity index (χ0v) is 38.3. The van der Waals surface area contributed by atoms with Crippen LogP contribution in [0.15, 0.2) is 131 Å². The van der Waals surface area contributed by atoms with Crippen molar-refractivity contribution in [3.63, 3.8) is 0 Å². The molecule has 4 aliphatic rings. The minimum atomic E-state index is -1.38. The van der Waals surface area contributed by atoms with Crippen LogP contribution in [0.5, 0.6) is 5.75 Å². The van der Waals surface area contributed by atoms with Crippen LogP contribution in [0.2, 0.25) is 5.02 Å². The van der Waals surface area contributed by atoms with Gasteiger partial charge in [-0.05, 0) is 127 Å². The van der Waals surface area contributed by atoms with Crippen LogP contribution >= 0.6 is 22.9 Å². The molecule has 330 valence electrons. The van der Waals surface area contributed by atoms with E-state index in [2.05, 4.69) is 10.2 Å². The van der Waals surface area contributed by atoms with E-state index in [9.17, 15) is 14.7 Å². The molecule has 2 aromatic heterocycles. The molecule has 2 aliphatic carbocycles. The van der Waals surface area contributed by atoms with Gasteiger partial charge in [0.05, 0.1) is 45.1 Å². The Balaban J connectivity index is 0.968. The smallest absolute Gasteiger partial charge is 0.242 e. The van der Waals surface area contributed by atoms with Crippen molar-refractivity contribution in [1.82, 2.24) is 9.78 Å². The van der Waals surface area contributed by atoms with Gasteiger partial charge in [0.1, 0.15) is 17.3 Å². The van der Waals surface area contributed by atoms with Crippen molar-refractivity contribution in [2.75, 3.05) is 28.8 Å². The number of halogens is 1. The van der Waals surface area contributed by atoms with Crippen LogP contribution < -0.4 is 14.7 Å². The van der Waals surface area contributed by atoms with Gasteiger partial charge in [0.2, 0.25) is 23.6 Å². The van der Waals surface area contributed by atoms with E-state index in [1.807, 2.05) is 112 Å². The summed E-state index contributed by atoms with van der Waals surface area (Å²) >= 11 is 7.93. The summed E-state index contributed by atoms with van der Waals surface area (Å²) in [5, 5.41) is 28.8. The Bertz CT molecular complexity index is 3280. The lowest BCUT2D eigenvalue weighted by Gasteiger charge is -2.49. The summed E-state index contributed by atoms with van der Waals surface area (Å²) in [6.45, 7) is 3.84. The van der Waals surface area contributed by atoms with Crippen molar-refractivity contribution >= 4 is 96.0 Å². The molecule has 6 atom stereocenters. The van der Waals surface area contributed by atoms with Gasteiger partial charge in [0.15, 0.2) is 0 Å². The van der Waals surface area contributed by atoms with Gasteiger partial charge in [-0.15, -0.1) is 11.3 Å². The topological polar surface area (TPSA) is 141 Å². The molecule has 3 fully saturated rings. The van der Waals surface area contributed by atoms with Gasteiger partial charge in [0.25, 0.3) is 0 Å². The number of amides is 4. The first-order chi connectivity index (χ1) is 31.7. The number of imide groups is 2. The highest BCUT2D eigenvalue weighted by Gasteiger charge is 2.68. The van der Waals surface area contributed by atoms with E-state index in [0.717, 1.165) is 42.6 Å². The average Bonchev–Trinajstić information content (AvgIpc) is 3.99. The number of hydrogen-bond donors (Lipinski definition) is 1. The zero-order valence-electron chi connectivity index (χ0n) is 36.8. The molecule has 1 saturated carbocycles. The number of anilines is 3. The Morgan fingerprint density at radius 3 is 2.26 bits per heavy atom. The number of benzene rings is 5. The number of nitrogens with zero attached hydrogens (tertiary/aromatic N) is 7. The van der Waals surface area contributed by atoms with Gasteiger partial charge in [-0.1, -0.05) is 53.6 Å². The molecule has 2 aliphatic heterocycles. The maximum atomic E-state index is 15.5. The third-order valence-corrected chi connectivity index (χ3v) is 16.0. The number of hydrogen-bond acceptors (Lipinski definition) is 10. The van der Waals surface area contributed by atoms with Crippen molar-refractivity contribution < 1.29 is 24.3 Å². The third kappa shape index (κ3) is 6.20. The van der Waals surface area contributed by atoms with Gasteiger partial charge >= 0.3 is 0 Å². The van der Waals surface area contributed by atoms with E-state index < -0.39 is 46.8 Å². The summed E-state index contributed by atoms with van der Waals surface area (Å²) in [6, 6.07) is 33.2. The molecular weight excluding hydrogens is 870 g/mol. The summed E-state index contributed by atoms with van der Waals surface area (Å²) in [7, 11) is 5.66. The highest BCUT2D eigenvalue weighted by molar-refractivity contribution is 7.22. The van der Waals surface area contributed by atoms with E-state index in [-0.39, 0.29) is 30.4 Å². The number of carbonyl (C=O) groups is 4. The van der Waals surface area contributed by atoms with Gasteiger partial charge in [-0.2, -0.15) is 15.3 Å². The number of phenolic OH excluding ortho intramolecular Hbond substituents is 1. The fourth-order valence-electron chi connectivity index (χ4n) is 11.2. The van der Waals surface area contributed by atoms with Crippen molar-refractivity contribution in [3.8, 4) is 16.3 Å². The Morgan fingerprint density at radius 1 is 0.818 bits per heavy atom. The molecule has 0 unspecified atom stereocenters. The monoisotopic (exact) mass is 913 g/mol. The van der Waals surface area contributed by atoms with Gasteiger partial charge in [0, 0.05) is 54.1 Å². The molecule has 5 aromatic carbocycles. The second-order valence-corrected chi connectivity index (χ2v) is 19.7. The number of azo groups is 1. The fraction of sp³-hybridized carbons (Fsp3) is 0.250. The molecule has 0 spiro atoms. The highest BCUT2D eigenvalue weighted by atomic mass is 35.5.